The molecular formula is C15H22N2O. The number of amides is 1. The van der Waals surface area contributed by atoms with Crippen molar-refractivity contribution in [2.75, 3.05) is 20.1 Å². The molecule has 1 unspecified atom stereocenters. The normalized spacial score (nSPS) is 18.9. The Balaban J connectivity index is 1.95. The number of nitrogens with zero attached hydrogens (tertiary/aromatic N) is 1. The van der Waals surface area contributed by atoms with Crippen LogP contribution in [0, 0.1) is 0 Å². The van der Waals surface area contributed by atoms with Crippen LogP contribution in [0.5, 0.6) is 0 Å². The number of carbonyl (C=O) groups is 1. The molecule has 1 atom stereocenters. The minimum absolute atomic E-state index is 0.117. The van der Waals surface area contributed by atoms with E-state index >= 15 is 0 Å². The molecule has 1 fully saturated rings. The first-order valence-corrected chi connectivity index (χ1v) is 6.78. The lowest BCUT2D eigenvalue weighted by Crippen LogP contribution is -2.38. The van der Waals surface area contributed by atoms with Gasteiger partial charge in [0.05, 0.1) is 0 Å². The van der Waals surface area contributed by atoms with Crippen molar-refractivity contribution < 1.29 is 4.79 Å². The number of carbonyl (C=O) groups excluding carboxylic acids is 1. The van der Waals surface area contributed by atoms with Crippen molar-refractivity contribution in [2.24, 2.45) is 0 Å². The molecule has 2 rings (SSSR count). The summed E-state index contributed by atoms with van der Waals surface area (Å²) in [5, 5.41) is 3.42. The van der Waals surface area contributed by atoms with Crippen LogP contribution in [-0.2, 0) is 6.42 Å². The minimum atomic E-state index is 0.117. The lowest BCUT2D eigenvalue weighted by molar-refractivity contribution is 0.0784. The summed E-state index contributed by atoms with van der Waals surface area (Å²) in [6.07, 6.45) is 3.40. The summed E-state index contributed by atoms with van der Waals surface area (Å²) in [6.45, 7) is 4.00. The number of hydrogen-bond acceptors (Lipinski definition) is 2. The van der Waals surface area contributed by atoms with E-state index in [2.05, 4.69) is 12.2 Å². The van der Waals surface area contributed by atoms with E-state index in [1.54, 1.807) is 0 Å². The van der Waals surface area contributed by atoms with E-state index in [9.17, 15) is 4.79 Å². The Morgan fingerprint density at radius 3 is 2.67 bits per heavy atom. The highest BCUT2D eigenvalue weighted by Crippen LogP contribution is 2.10. The van der Waals surface area contributed by atoms with Gasteiger partial charge in [-0.15, -0.1) is 0 Å². The number of nitrogens with one attached hydrogen (secondary N) is 1. The summed E-state index contributed by atoms with van der Waals surface area (Å²) in [4.78, 5) is 14.1. The van der Waals surface area contributed by atoms with Crippen molar-refractivity contribution in [1.82, 2.24) is 10.2 Å². The number of likely N-dealkylation sites (N-methyl/N-ethyl adjacent to an activating group) is 1. The van der Waals surface area contributed by atoms with Crippen LogP contribution < -0.4 is 5.32 Å². The Morgan fingerprint density at radius 1 is 1.39 bits per heavy atom. The van der Waals surface area contributed by atoms with E-state index in [-0.39, 0.29) is 5.91 Å². The molecule has 1 heterocycles. The molecule has 1 saturated heterocycles. The van der Waals surface area contributed by atoms with E-state index in [0.29, 0.717) is 6.04 Å². The molecule has 0 bridgehead atoms. The van der Waals surface area contributed by atoms with Gasteiger partial charge in [-0.3, -0.25) is 4.79 Å². The van der Waals surface area contributed by atoms with Gasteiger partial charge in [0.2, 0.25) is 0 Å². The van der Waals surface area contributed by atoms with Crippen LogP contribution in [0.15, 0.2) is 24.3 Å². The highest BCUT2D eigenvalue weighted by atomic mass is 16.2. The molecule has 0 aromatic heterocycles. The first-order valence-electron chi connectivity index (χ1n) is 6.78. The summed E-state index contributed by atoms with van der Waals surface area (Å²) in [5.74, 6) is 0.117. The van der Waals surface area contributed by atoms with Crippen LogP contribution in [0.2, 0.25) is 0 Å². The molecule has 0 radical (unpaired) electrons. The molecule has 0 aliphatic carbocycles. The summed E-state index contributed by atoms with van der Waals surface area (Å²) in [6, 6.07) is 8.40. The highest BCUT2D eigenvalue weighted by molar-refractivity contribution is 5.94. The Labute approximate surface area is 109 Å². The van der Waals surface area contributed by atoms with Crippen LogP contribution in [-0.4, -0.2) is 37.0 Å². The highest BCUT2D eigenvalue weighted by Gasteiger charge is 2.19. The van der Waals surface area contributed by atoms with Gasteiger partial charge in [-0.05, 0) is 43.5 Å². The third-order valence-corrected chi connectivity index (χ3v) is 3.61. The molecular weight excluding hydrogens is 224 g/mol. The van der Waals surface area contributed by atoms with E-state index in [1.807, 2.05) is 36.2 Å². The second-order valence-electron chi connectivity index (χ2n) is 5.03. The molecule has 1 aromatic rings. The standard InChI is InChI=1S/C15H22N2O/c1-3-12-6-8-13(9-7-12)15(18)17(2)11-14-5-4-10-16-14/h6-9,14,16H,3-5,10-11H2,1-2H3. The van der Waals surface area contributed by atoms with Gasteiger partial charge in [0.15, 0.2) is 0 Å². The lowest BCUT2D eigenvalue weighted by Gasteiger charge is -2.21. The van der Waals surface area contributed by atoms with Crippen LogP contribution in [0.4, 0.5) is 0 Å². The summed E-state index contributed by atoms with van der Waals surface area (Å²) in [5.41, 5.74) is 2.05. The monoisotopic (exact) mass is 246 g/mol. The number of rotatable bonds is 4. The maximum absolute atomic E-state index is 12.2. The van der Waals surface area contributed by atoms with Crippen molar-refractivity contribution >= 4 is 5.91 Å². The molecule has 1 aliphatic heterocycles. The van der Waals surface area contributed by atoms with E-state index in [4.69, 9.17) is 0 Å². The fourth-order valence-electron chi connectivity index (χ4n) is 2.43. The Morgan fingerprint density at radius 2 is 2.11 bits per heavy atom. The van der Waals surface area contributed by atoms with Crippen molar-refractivity contribution in [1.29, 1.82) is 0 Å². The zero-order valence-electron chi connectivity index (χ0n) is 11.3. The molecule has 1 aliphatic rings. The predicted molar refractivity (Wildman–Crippen MR) is 73.8 cm³/mol. The topological polar surface area (TPSA) is 32.3 Å². The summed E-state index contributed by atoms with van der Waals surface area (Å²) in [7, 11) is 1.88. The zero-order chi connectivity index (χ0) is 13.0. The maximum atomic E-state index is 12.2. The van der Waals surface area contributed by atoms with E-state index in [0.717, 1.165) is 25.1 Å². The first-order chi connectivity index (χ1) is 8.70. The van der Waals surface area contributed by atoms with Gasteiger partial charge < -0.3 is 10.2 Å². The molecule has 0 saturated carbocycles. The Bertz CT molecular complexity index is 393. The largest absolute Gasteiger partial charge is 0.340 e. The quantitative estimate of drug-likeness (QED) is 0.882. The second-order valence-corrected chi connectivity index (χ2v) is 5.03. The molecule has 1 N–H and O–H groups in total. The number of benzene rings is 1. The van der Waals surface area contributed by atoms with Gasteiger partial charge in [0.1, 0.15) is 0 Å². The zero-order valence-corrected chi connectivity index (χ0v) is 11.3. The fraction of sp³-hybridized carbons (Fsp3) is 0.533. The molecule has 3 nitrogen and oxygen atoms in total. The van der Waals surface area contributed by atoms with Gasteiger partial charge in [-0.2, -0.15) is 0 Å². The van der Waals surface area contributed by atoms with Crippen molar-refractivity contribution in [2.45, 2.75) is 32.2 Å². The van der Waals surface area contributed by atoms with Gasteiger partial charge in [0, 0.05) is 25.2 Å². The Hall–Kier alpha value is -1.35. The van der Waals surface area contributed by atoms with Gasteiger partial charge in [-0.1, -0.05) is 19.1 Å². The van der Waals surface area contributed by atoms with Crippen molar-refractivity contribution in [3.05, 3.63) is 35.4 Å². The molecule has 18 heavy (non-hydrogen) atoms. The smallest absolute Gasteiger partial charge is 0.253 e. The molecule has 0 spiro atoms. The van der Waals surface area contributed by atoms with Crippen LogP contribution in [0.25, 0.3) is 0 Å². The number of hydrogen-bond donors (Lipinski definition) is 1. The van der Waals surface area contributed by atoms with E-state index < -0.39 is 0 Å². The van der Waals surface area contributed by atoms with E-state index in [1.165, 1.54) is 18.4 Å². The first kappa shape index (κ1) is 13.1. The fourth-order valence-corrected chi connectivity index (χ4v) is 2.43. The maximum Gasteiger partial charge on any atom is 0.253 e. The van der Waals surface area contributed by atoms with Crippen LogP contribution >= 0.6 is 0 Å². The molecule has 98 valence electrons. The van der Waals surface area contributed by atoms with Gasteiger partial charge >= 0.3 is 0 Å². The SMILES string of the molecule is CCc1ccc(C(=O)N(C)CC2CCCN2)cc1. The van der Waals surface area contributed by atoms with Gasteiger partial charge in [-0.25, -0.2) is 0 Å². The minimum Gasteiger partial charge on any atom is -0.340 e. The van der Waals surface area contributed by atoms with Crippen molar-refractivity contribution in [3.8, 4) is 0 Å². The predicted octanol–water partition coefficient (Wildman–Crippen LogP) is 2.07. The molecule has 1 aromatic carbocycles. The lowest BCUT2D eigenvalue weighted by atomic mass is 10.1. The third-order valence-electron chi connectivity index (χ3n) is 3.61. The van der Waals surface area contributed by atoms with Gasteiger partial charge in [0.25, 0.3) is 5.91 Å². The molecule has 3 heteroatoms. The third kappa shape index (κ3) is 3.10. The average Bonchev–Trinajstić information content (AvgIpc) is 2.91. The van der Waals surface area contributed by atoms with Crippen LogP contribution in [0.1, 0.15) is 35.7 Å². The van der Waals surface area contributed by atoms with Crippen molar-refractivity contribution in [3.63, 3.8) is 0 Å². The van der Waals surface area contributed by atoms with Crippen LogP contribution in [0.3, 0.4) is 0 Å². The molecule has 1 amide bonds. The second kappa shape index (κ2) is 6.01. The average molecular weight is 246 g/mol. The number of aryl methyl sites for hydroxylation is 1. The summed E-state index contributed by atoms with van der Waals surface area (Å²) >= 11 is 0. The Kier molecular flexibility index (Phi) is 4.37. The summed E-state index contributed by atoms with van der Waals surface area (Å²) < 4.78 is 0.